The maximum absolute atomic E-state index is 12.8. The topological polar surface area (TPSA) is 56.8 Å². The van der Waals surface area contributed by atoms with Crippen molar-refractivity contribution in [1.82, 2.24) is 5.32 Å². The third-order valence-electron chi connectivity index (χ3n) is 5.11. The minimum atomic E-state index is -0.412. The van der Waals surface area contributed by atoms with Crippen molar-refractivity contribution in [2.75, 3.05) is 26.9 Å². The molecule has 1 amide bonds. The smallest absolute Gasteiger partial charge is 0.230 e. The van der Waals surface area contributed by atoms with Crippen molar-refractivity contribution in [2.24, 2.45) is 0 Å². The summed E-state index contributed by atoms with van der Waals surface area (Å²) in [6, 6.07) is 13.8. The number of methoxy groups -OCH3 is 1. The molecule has 5 nitrogen and oxygen atoms in total. The van der Waals surface area contributed by atoms with E-state index in [1.807, 2.05) is 42.5 Å². The molecule has 0 unspecified atom stereocenters. The minimum absolute atomic E-state index is 0.0945. The van der Waals surface area contributed by atoms with Gasteiger partial charge in [0.25, 0.3) is 0 Å². The molecule has 5 heteroatoms. The predicted octanol–water partition coefficient (Wildman–Crippen LogP) is 2.86. The van der Waals surface area contributed by atoms with Crippen LogP contribution < -0.4 is 19.5 Å². The second-order valence-electron chi connectivity index (χ2n) is 6.80. The zero-order valence-corrected chi connectivity index (χ0v) is 14.9. The summed E-state index contributed by atoms with van der Waals surface area (Å²) in [6.07, 6.45) is 2.52. The van der Waals surface area contributed by atoms with Crippen LogP contribution in [0.25, 0.3) is 0 Å². The van der Waals surface area contributed by atoms with Crippen LogP contribution in [0.5, 0.6) is 17.2 Å². The van der Waals surface area contributed by atoms with E-state index in [2.05, 4.69) is 5.32 Å². The Labute approximate surface area is 153 Å². The molecule has 1 aliphatic carbocycles. The second-order valence-corrected chi connectivity index (χ2v) is 6.80. The summed E-state index contributed by atoms with van der Waals surface area (Å²) >= 11 is 0. The van der Waals surface area contributed by atoms with Crippen LogP contribution in [-0.2, 0) is 16.6 Å². The quantitative estimate of drug-likeness (QED) is 0.868. The van der Waals surface area contributed by atoms with Crippen molar-refractivity contribution < 1.29 is 19.0 Å². The molecular formula is C21H23NO4. The van der Waals surface area contributed by atoms with Crippen molar-refractivity contribution in [2.45, 2.75) is 24.7 Å². The lowest BCUT2D eigenvalue weighted by Gasteiger charge is -2.21. The highest BCUT2D eigenvalue weighted by Gasteiger charge is 2.51. The van der Waals surface area contributed by atoms with E-state index in [9.17, 15) is 4.79 Å². The Morgan fingerprint density at radius 2 is 1.92 bits per heavy atom. The average Bonchev–Trinajstić information content (AvgIpc) is 3.50. The molecule has 2 aromatic rings. The molecule has 1 N–H and O–H groups in total. The van der Waals surface area contributed by atoms with Gasteiger partial charge in [-0.3, -0.25) is 4.79 Å². The Morgan fingerprint density at radius 3 is 2.69 bits per heavy atom. The van der Waals surface area contributed by atoms with Gasteiger partial charge in [0.15, 0.2) is 11.5 Å². The second kappa shape index (κ2) is 6.90. The minimum Gasteiger partial charge on any atom is -0.497 e. The number of carbonyl (C=O) groups is 1. The number of ether oxygens (including phenoxy) is 3. The lowest BCUT2D eigenvalue weighted by atomic mass is 9.94. The third-order valence-corrected chi connectivity index (χ3v) is 5.11. The monoisotopic (exact) mass is 353 g/mol. The number of rotatable bonds is 6. The van der Waals surface area contributed by atoms with Crippen LogP contribution >= 0.6 is 0 Å². The molecule has 0 spiro atoms. The normalized spacial score (nSPS) is 16.7. The Hall–Kier alpha value is -2.69. The molecule has 4 rings (SSSR count). The fraction of sp³-hybridized carbons (Fsp3) is 0.381. The van der Waals surface area contributed by atoms with Crippen molar-refractivity contribution in [3.05, 3.63) is 53.6 Å². The van der Waals surface area contributed by atoms with Crippen LogP contribution in [0, 0.1) is 0 Å². The molecule has 0 atom stereocenters. The van der Waals surface area contributed by atoms with Gasteiger partial charge in [0.1, 0.15) is 19.0 Å². The summed E-state index contributed by atoms with van der Waals surface area (Å²) in [5.41, 5.74) is 1.75. The summed E-state index contributed by atoms with van der Waals surface area (Å²) in [5, 5.41) is 3.10. The van der Waals surface area contributed by atoms with Crippen molar-refractivity contribution in [3.63, 3.8) is 0 Å². The summed E-state index contributed by atoms with van der Waals surface area (Å²) in [7, 11) is 1.66. The maximum atomic E-state index is 12.8. The van der Waals surface area contributed by atoms with Crippen molar-refractivity contribution >= 4 is 5.91 Å². The van der Waals surface area contributed by atoms with Gasteiger partial charge in [0.05, 0.1) is 12.5 Å². The first kappa shape index (κ1) is 16.8. The van der Waals surface area contributed by atoms with E-state index in [4.69, 9.17) is 14.2 Å². The molecule has 1 saturated carbocycles. The molecule has 0 radical (unpaired) electrons. The van der Waals surface area contributed by atoms with Crippen LogP contribution in [0.3, 0.4) is 0 Å². The number of nitrogens with one attached hydrogen (secondary N) is 1. The van der Waals surface area contributed by atoms with Crippen molar-refractivity contribution in [3.8, 4) is 17.2 Å². The molecule has 0 bridgehead atoms. The average molecular weight is 353 g/mol. The summed E-state index contributed by atoms with van der Waals surface area (Å²) in [4.78, 5) is 12.8. The van der Waals surface area contributed by atoms with Crippen LogP contribution in [0.2, 0.25) is 0 Å². The van der Waals surface area contributed by atoms with E-state index in [0.717, 1.165) is 47.6 Å². The largest absolute Gasteiger partial charge is 0.497 e. The van der Waals surface area contributed by atoms with Gasteiger partial charge in [-0.25, -0.2) is 0 Å². The van der Waals surface area contributed by atoms with Gasteiger partial charge in [0.2, 0.25) is 5.91 Å². The van der Waals surface area contributed by atoms with Crippen LogP contribution in [0.4, 0.5) is 0 Å². The highest BCUT2D eigenvalue weighted by molar-refractivity contribution is 5.91. The van der Waals surface area contributed by atoms with Crippen molar-refractivity contribution in [1.29, 1.82) is 0 Å². The summed E-state index contributed by atoms with van der Waals surface area (Å²) in [5.74, 6) is 2.43. The highest BCUT2D eigenvalue weighted by Crippen LogP contribution is 2.50. The summed E-state index contributed by atoms with van der Waals surface area (Å²) in [6.45, 7) is 1.73. The standard InChI is InChI=1S/C21H23NO4/c1-24-17-4-2-3-15(13-17)7-10-22-20(23)21(8-9-21)16-5-6-18-19(14-16)26-12-11-25-18/h2-6,13-14H,7-12H2,1H3,(H,22,23). The number of carbonyl (C=O) groups excluding carboxylic acids is 1. The summed E-state index contributed by atoms with van der Waals surface area (Å²) < 4.78 is 16.5. The Balaban J connectivity index is 1.39. The first-order chi connectivity index (χ1) is 12.7. The zero-order valence-electron chi connectivity index (χ0n) is 14.9. The van der Waals surface area contributed by atoms with Gasteiger partial charge < -0.3 is 19.5 Å². The molecule has 136 valence electrons. The fourth-order valence-corrected chi connectivity index (χ4v) is 3.43. The Bertz CT molecular complexity index is 813. The Morgan fingerprint density at radius 1 is 1.12 bits per heavy atom. The first-order valence-electron chi connectivity index (χ1n) is 9.03. The van der Waals surface area contributed by atoms with E-state index >= 15 is 0 Å². The highest BCUT2D eigenvalue weighted by atomic mass is 16.6. The number of hydrogen-bond acceptors (Lipinski definition) is 4. The Kier molecular flexibility index (Phi) is 4.45. The van der Waals surface area contributed by atoms with E-state index in [1.54, 1.807) is 7.11 Å². The van der Waals surface area contributed by atoms with E-state index in [-0.39, 0.29) is 5.91 Å². The van der Waals surface area contributed by atoms with E-state index in [1.165, 1.54) is 0 Å². The predicted molar refractivity (Wildman–Crippen MR) is 98.1 cm³/mol. The van der Waals surface area contributed by atoms with Gasteiger partial charge in [-0.2, -0.15) is 0 Å². The zero-order chi connectivity index (χ0) is 18.0. The maximum Gasteiger partial charge on any atom is 0.230 e. The molecule has 0 saturated heterocycles. The number of hydrogen-bond donors (Lipinski definition) is 1. The lowest BCUT2D eigenvalue weighted by Crippen LogP contribution is -2.36. The molecule has 26 heavy (non-hydrogen) atoms. The molecule has 2 aliphatic rings. The van der Waals surface area contributed by atoms with Crippen LogP contribution in [-0.4, -0.2) is 32.8 Å². The van der Waals surface area contributed by atoms with Gasteiger partial charge in [-0.1, -0.05) is 18.2 Å². The molecule has 0 aromatic heterocycles. The molecule has 1 aliphatic heterocycles. The number of amides is 1. The molecule has 1 heterocycles. The number of benzene rings is 2. The van der Waals surface area contributed by atoms with Crippen LogP contribution in [0.1, 0.15) is 24.0 Å². The molecule has 1 fully saturated rings. The van der Waals surface area contributed by atoms with Gasteiger partial charge in [-0.15, -0.1) is 0 Å². The molecule has 2 aromatic carbocycles. The molecular weight excluding hydrogens is 330 g/mol. The van der Waals surface area contributed by atoms with Gasteiger partial charge >= 0.3 is 0 Å². The van der Waals surface area contributed by atoms with E-state index < -0.39 is 5.41 Å². The van der Waals surface area contributed by atoms with Gasteiger partial charge in [-0.05, 0) is 54.7 Å². The fourth-order valence-electron chi connectivity index (χ4n) is 3.43. The lowest BCUT2D eigenvalue weighted by molar-refractivity contribution is -0.123. The van der Waals surface area contributed by atoms with Crippen LogP contribution in [0.15, 0.2) is 42.5 Å². The van der Waals surface area contributed by atoms with E-state index in [0.29, 0.717) is 19.8 Å². The SMILES string of the molecule is COc1cccc(CCNC(=O)C2(c3ccc4c(c3)OCCO4)CC2)c1. The van der Waals surface area contributed by atoms with Gasteiger partial charge in [0, 0.05) is 6.54 Å². The third kappa shape index (κ3) is 3.21. The first-order valence-corrected chi connectivity index (χ1v) is 9.03. The number of fused-ring (bicyclic) bond motifs is 1.